The lowest BCUT2D eigenvalue weighted by atomic mass is 10.1. The van der Waals surface area contributed by atoms with Crippen LogP contribution in [-0.4, -0.2) is 57.5 Å². The van der Waals surface area contributed by atoms with E-state index in [1.807, 2.05) is 32.9 Å². The van der Waals surface area contributed by atoms with Crippen molar-refractivity contribution in [1.82, 2.24) is 25.0 Å². The van der Waals surface area contributed by atoms with E-state index in [0.29, 0.717) is 62.6 Å². The van der Waals surface area contributed by atoms with E-state index >= 15 is 0 Å². The van der Waals surface area contributed by atoms with E-state index in [1.54, 1.807) is 49.6 Å². The van der Waals surface area contributed by atoms with E-state index in [0.717, 1.165) is 0 Å². The fourth-order valence-electron chi connectivity index (χ4n) is 3.94. The van der Waals surface area contributed by atoms with Gasteiger partial charge in [-0.05, 0) is 69.7 Å². The van der Waals surface area contributed by atoms with Gasteiger partial charge in [-0.2, -0.15) is 15.0 Å². The molecule has 0 aliphatic carbocycles. The van der Waals surface area contributed by atoms with Crippen molar-refractivity contribution in [2.24, 2.45) is 0 Å². The van der Waals surface area contributed by atoms with Gasteiger partial charge in [0.15, 0.2) is 5.65 Å². The number of nitrogens with one attached hydrogen (secondary N) is 1. The second-order valence-electron chi connectivity index (χ2n) is 10.6. The van der Waals surface area contributed by atoms with E-state index < -0.39 is 17.7 Å². The van der Waals surface area contributed by atoms with Gasteiger partial charge in [0.05, 0.1) is 23.3 Å². The number of rotatable bonds is 9. The summed E-state index contributed by atoms with van der Waals surface area (Å²) in [5, 5.41) is 17.8. The van der Waals surface area contributed by atoms with Crippen LogP contribution in [0.4, 0.5) is 9.59 Å². The molecule has 2 aromatic heterocycles. The maximum Gasteiger partial charge on any atom is 0.407 e. The van der Waals surface area contributed by atoms with Crippen LogP contribution in [0.15, 0.2) is 54.7 Å². The first-order chi connectivity index (χ1) is 20.4. The number of carbonyl (C=O) groups excluding carboxylic acids is 2. The Balaban J connectivity index is 1.42. The standard InChI is InChI=1S/C30H30Cl2N6O5/c1-30(2,3)35-28(39)41-12-6-11-37(4)29(40)38-27-23(7-5-10-34-27)25(36-38)18-42-21-8-9-24(32)26(16-21)43-22-14-19(17-33)13-20(31)15-22/h5,7-10,13-16H,6,11-12,18H2,1-4H3,(H,35,39). The molecule has 0 spiro atoms. The van der Waals surface area contributed by atoms with E-state index in [2.05, 4.69) is 15.4 Å². The highest BCUT2D eigenvalue weighted by Gasteiger charge is 2.21. The molecule has 2 heterocycles. The molecule has 2 amide bonds. The van der Waals surface area contributed by atoms with Crippen LogP contribution in [0.1, 0.15) is 38.4 Å². The molecule has 0 saturated heterocycles. The number of halogens is 2. The summed E-state index contributed by atoms with van der Waals surface area (Å²) in [5.74, 6) is 1.09. The second kappa shape index (κ2) is 13.6. The number of ether oxygens (including phenoxy) is 3. The molecule has 4 aromatic rings. The van der Waals surface area contributed by atoms with Crippen molar-refractivity contribution >= 4 is 46.4 Å². The molecule has 0 saturated carbocycles. The van der Waals surface area contributed by atoms with Crippen LogP contribution in [0, 0.1) is 11.3 Å². The summed E-state index contributed by atoms with van der Waals surface area (Å²) in [4.78, 5) is 30.9. The number of benzene rings is 2. The Labute approximate surface area is 258 Å². The summed E-state index contributed by atoms with van der Waals surface area (Å²) in [6, 6.07) is 14.7. The van der Waals surface area contributed by atoms with Crippen molar-refractivity contribution in [3.05, 3.63) is 76.0 Å². The summed E-state index contributed by atoms with van der Waals surface area (Å²) < 4.78 is 18.3. The number of aromatic nitrogens is 3. The normalized spacial score (nSPS) is 11.1. The monoisotopic (exact) mass is 624 g/mol. The van der Waals surface area contributed by atoms with Crippen molar-refractivity contribution in [1.29, 1.82) is 5.26 Å². The summed E-state index contributed by atoms with van der Waals surface area (Å²) in [6.45, 7) is 6.09. The minimum absolute atomic E-state index is 0.0275. The van der Waals surface area contributed by atoms with Gasteiger partial charge in [-0.25, -0.2) is 14.6 Å². The average molecular weight is 626 g/mol. The molecule has 0 aliphatic heterocycles. The van der Waals surface area contributed by atoms with Crippen LogP contribution in [0.3, 0.4) is 0 Å². The Kier molecular flexibility index (Phi) is 9.95. The van der Waals surface area contributed by atoms with Gasteiger partial charge in [-0.15, -0.1) is 0 Å². The Bertz CT molecular complexity index is 1680. The lowest BCUT2D eigenvalue weighted by molar-refractivity contribution is 0.133. The zero-order valence-corrected chi connectivity index (χ0v) is 25.6. The molecular formula is C30H30Cl2N6O5. The SMILES string of the molecule is CN(CCCOC(=O)NC(C)(C)C)C(=O)n1nc(COc2ccc(Cl)c(Oc3cc(Cl)cc(C#N)c3)c2)c2cccnc21. The summed E-state index contributed by atoms with van der Waals surface area (Å²) in [7, 11) is 1.64. The maximum atomic E-state index is 13.3. The maximum absolute atomic E-state index is 13.3. The molecule has 0 radical (unpaired) electrons. The molecule has 4 rings (SSSR count). The van der Waals surface area contributed by atoms with Crippen molar-refractivity contribution in [3.63, 3.8) is 0 Å². The molecular weight excluding hydrogens is 595 g/mol. The number of hydrogen-bond acceptors (Lipinski definition) is 8. The highest BCUT2D eigenvalue weighted by Crippen LogP contribution is 2.34. The number of hydrogen-bond donors (Lipinski definition) is 1. The van der Waals surface area contributed by atoms with Crippen LogP contribution in [-0.2, 0) is 11.3 Å². The molecule has 224 valence electrons. The number of nitriles is 1. The molecule has 13 heteroatoms. The average Bonchev–Trinajstić information content (AvgIpc) is 3.32. The third kappa shape index (κ3) is 8.50. The van der Waals surface area contributed by atoms with Gasteiger partial charge in [-0.1, -0.05) is 23.2 Å². The minimum atomic E-state index is -0.509. The van der Waals surface area contributed by atoms with Gasteiger partial charge in [0.25, 0.3) is 0 Å². The predicted octanol–water partition coefficient (Wildman–Crippen LogP) is 6.80. The molecule has 11 nitrogen and oxygen atoms in total. The first kappa shape index (κ1) is 31.4. The van der Waals surface area contributed by atoms with Crippen LogP contribution < -0.4 is 14.8 Å². The smallest absolute Gasteiger partial charge is 0.407 e. The quantitative estimate of drug-likeness (QED) is 0.201. The minimum Gasteiger partial charge on any atom is -0.487 e. The topological polar surface area (TPSA) is 132 Å². The van der Waals surface area contributed by atoms with Gasteiger partial charge >= 0.3 is 12.1 Å². The number of carbonyl (C=O) groups is 2. The molecule has 0 unspecified atom stereocenters. The van der Waals surface area contributed by atoms with Gasteiger partial charge in [0, 0.05) is 41.8 Å². The van der Waals surface area contributed by atoms with Crippen LogP contribution in [0.2, 0.25) is 10.0 Å². The van der Waals surface area contributed by atoms with Crippen molar-refractivity contribution in [2.45, 2.75) is 39.3 Å². The summed E-state index contributed by atoms with van der Waals surface area (Å²) >= 11 is 12.4. The van der Waals surface area contributed by atoms with Crippen molar-refractivity contribution in [2.75, 3.05) is 20.2 Å². The lowest BCUT2D eigenvalue weighted by Gasteiger charge is -2.20. The number of alkyl carbamates (subject to hydrolysis) is 1. The van der Waals surface area contributed by atoms with E-state index in [9.17, 15) is 14.9 Å². The first-order valence-electron chi connectivity index (χ1n) is 13.3. The summed E-state index contributed by atoms with van der Waals surface area (Å²) in [5.41, 5.74) is 0.827. The van der Waals surface area contributed by atoms with Gasteiger partial charge in [0.1, 0.15) is 29.5 Å². The number of amides is 2. The number of fused-ring (bicyclic) bond motifs is 1. The molecule has 2 aromatic carbocycles. The van der Waals surface area contributed by atoms with E-state index in [1.165, 1.54) is 15.6 Å². The van der Waals surface area contributed by atoms with Crippen LogP contribution in [0.5, 0.6) is 17.2 Å². The Hall–Kier alpha value is -4.53. The Morgan fingerprint density at radius 1 is 1.12 bits per heavy atom. The van der Waals surface area contributed by atoms with E-state index in [-0.39, 0.29) is 13.2 Å². The van der Waals surface area contributed by atoms with Crippen LogP contribution >= 0.6 is 23.2 Å². The fraction of sp³-hybridized carbons (Fsp3) is 0.300. The van der Waals surface area contributed by atoms with Crippen molar-refractivity contribution < 1.29 is 23.8 Å². The zero-order chi connectivity index (χ0) is 31.1. The molecule has 0 atom stereocenters. The predicted molar refractivity (Wildman–Crippen MR) is 162 cm³/mol. The number of nitrogens with zero attached hydrogens (tertiary/aromatic N) is 5. The number of pyridine rings is 1. The lowest BCUT2D eigenvalue weighted by Crippen LogP contribution is -2.41. The van der Waals surface area contributed by atoms with Gasteiger partial charge < -0.3 is 24.4 Å². The third-order valence-corrected chi connectivity index (χ3v) is 6.41. The Morgan fingerprint density at radius 3 is 2.65 bits per heavy atom. The third-order valence-electron chi connectivity index (χ3n) is 5.88. The highest BCUT2D eigenvalue weighted by molar-refractivity contribution is 6.32. The largest absolute Gasteiger partial charge is 0.487 e. The van der Waals surface area contributed by atoms with Crippen molar-refractivity contribution in [3.8, 4) is 23.3 Å². The van der Waals surface area contributed by atoms with Gasteiger partial charge in [0.2, 0.25) is 0 Å². The molecule has 1 N–H and O–H groups in total. The molecule has 0 fully saturated rings. The molecule has 0 aliphatic rings. The fourth-order valence-corrected chi connectivity index (χ4v) is 4.32. The zero-order valence-electron chi connectivity index (χ0n) is 24.1. The van der Waals surface area contributed by atoms with E-state index in [4.69, 9.17) is 37.4 Å². The van der Waals surface area contributed by atoms with Gasteiger partial charge in [-0.3, -0.25) is 0 Å². The molecule has 43 heavy (non-hydrogen) atoms. The second-order valence-corrected chi connectivity index (χ2v) is 11.4. The summed E-state index contributed by atoms with van der Waals surface area (Å²) in [6.07, 6.45) is 1.51. The Morgan fingerprint density at radius 2 is 1.91 bits per heavy atom. The first-order valence-corrected chi connectivity index (χ1v) is 14.0. The van der Waals surface area contributed by atoms with Crippen LogP contribution in [0.25, 0.3) is 11.0 Å². The molecule has 0 bridgehead atoms. The highest BCUT2D eigenvalue weighted by atomic mass is 35.5.